The Morgan fingerprint density at radius 2 is 1.82 bits per heavy atom. The quantitative estimate of drug-likeness (QED) is 0.656. The molecule has 1 aliphatic rings. The minimum atomic E-state index is -3.78. The molecule has 1 saturated heterocycles. The number of nitrogens with zero attached hydrogens (tertiary/aromatic N) is 3. The van der Waals surface area contributed by atoms with Crippen molar-refractivity contribution >= 4 is 21.8 Å². The average Bonchev–Trinajstić information content (AvgIpc) is 3.00. The molecule has 1 fully saturated rings. The summed E-state index contributed by atoms with van der Waals surface area (Å²) in [6.45, 7) is 8.20. The van der Waals surface area contributed by atoms with Gasteiger partial charge in [-0.15, -0.1) is 0 Å². The molecule has 33 heavy (non-hydrogen) atoms. The van der Waals surface area contributed by atoms with Gasteiger partial charge >= 0.3 is 0 Å². The number of aromatic nitrogens is 1. The first kappa shape index (κ1) is 24.9. The standard InChI is InChI=1S/C23H32N4O5S/c1-5-16(2)20(24-22(28)19-10-7-6-8-11-19)23(29)26-12-9-13-27(15-14-26)33(30,31)21-17(3)25-32-18(21)4/h6-8,10-11,16,20H,5,9,12-15H2,1-4H3,(H,24,28)/t16-,20-/m0/s1. The van der Waals surface area contributed by atoms with Crippen LogP contribution in [0.5, 0.6) is 0 Å². The molecule has 180 valence electrons. The molecule has 0 saturated carbocycles. The summed E-state index contributed by atoms with van der Waals surface area (Å²) < 4.78 is 32.8. The fraction of sp³-hybridized carbons (Fsp3) is 0.522. The van der Waals surface area contributed by atoms with E-state index in [0.29, 0.717) is 37.2 Å². The van der Waals surface area contributed by atoms with Crippen LogP contribution in [0.25, 0.3) is 0 Å². The minimum Gasteiger partial charge on any atom is -0.360 e. The van der Waals surface area contributed by atoms with Crippen molar-refractivity contribution in [2.45, 2.75) is 51.5 Å². The lowest BCUT2D eigenvalue weighted by molar-refractivity contribution is -0.134. The molecule has 0 aliphatic carbocycles. The van der Waals surface area contributed by atoms with Crippen LogP contribution in [0.4, 0.5) is 0 Å². The summed E-state index contributed by atoms with van der Waals surface area (Å²) in [5, 5.41) is 6.66. The van der Waals surface area contributed by atoms with Crippen LogP contribution in [0.15, 0.2) is 39.8 Å². The number of benzene rings is 1. The minimum absolute atomic E-state index is 0.0736. The van der Waals surface area contributed by atoms with E-state index in [2.05, 4.69) is 10.5 Å². The second-order valence-electron chi connectivity index (χ2n) is 8.44. The van der Waals surface area contributed by atoms with Gasteiger partial charge in [0.1, 0.15) is 16.6 Å². The van der Waals surface area contributed by atoms with Crippen molar-refractivity contribution in [1.29, 1.82) is 0 Å². The third kappa shape index (κ3) is 5.44. The summed E-state index contributed by atoms with van der Waals surface area (Å²) >= 11 is 0. The first-order valence-electron chi connectivity index (χ1n) is 11.2. The van der Waals surface area contributed by atoms with E-state index in [1.54, 1.807) is 43.0 Å². The summed E-state index contributed by atoms with van der Waals surface area (Å²) in [6, 6.07) is 8.10. The number of carbonyl (C=O) groups excluding carboxylic acids is 2. The van der Waals surface area contributed by atoms with Gasteiger partial charge in [-0.3, -0.25) is 9.59 Å². The molecular weight excluding hydrogens is 444 g/mol. The average molecular weight is 477 g/mol. The highest BCUT2D eigenvalue weighted by atomic mass is 32.2. The molecule has 1 aromatic heterocycles. The van der Waals surface area contributed by atoms with Gasteiger partial charge in [-0.1, -0.05) is 43.6 Å². The van der Waals surface area contributed by atoms with Crippen molar-refractivity contribution in [1.82, 2.24) is 19.7 Å². The second-order valence-corrected chi connectivity index (χ2v) is 10.3. The van der Waals surface area contributed by atoms with Gasteiger partial charge in [-0.05, 0) is 38.3 Å². The summed E-state index contributed by atoms with van der Waals surface area (Å²) in [6.07, 6.45) is 1.21. The van der Waals surface area contributed by atoms with Crippen molar-refractivity contribution < 1.29 is 22.5 Å². The third-order valence-corrected chi connectivity index (χ3v) is 8.28. The molecule has 0 bridgehead atoms. The number of sulfonamides is 1. The fourth-order valence-electron chi connectivity index (χ4n) is 4.02. The molecule has 2 aromatic rings. The normalized spacial score (nSPS) is 17.3. The highest BCUT2D eigenvalue weighted by Crippen LogP contribution is 2.24. The maximum atomic E-state index is 13.4. The van der Waals surface area contributed by atoms with E-state index in [1.165, 1.54) is 4.31 Å². The molecule has 10 heteroatoms. The lowest BCUT2D eigenvalue weighted by atomic mass is 9.97. The molecule has 2 amide bonds. The SMILES string of the molecule is CC[C@H](C)[C@H](NC(=O)c1ccccc1)C(=O)N1CCCN(S(=O)(=O)c2c(C)noc2C)CC1. The molecule has 0 radical (unpaired) electrons. The lowest BCUT2D eigenvalue weighted by Crippen LogP contribution is -2.52. The molecule has 0 unspecified atom stereocenters. The number of nitrogens with one attached hydrogen (secondary N) is 1. The second kappa shape index (κ2) is 10.5. The Labute approximate surface area is 195 Å². The summed E-state index contributed by atoms with van der Waals surface area (Å²) in [7, 11) is -3.78. The lowest BCUT2D eigenvalue weighted by Gasteiger charge is -2.30. The smallest absolute Gasteiger partial charge is 0.251 e. The van der Waals surface area contributed by atoms with Gasteiger partial charge in [0.2, 0.25) is 15.9 Å². The Kier molecular flexibility index (Phi) is 7.91. The number of hydrogen-bond acceptors (Lipinski definition) is 6. The first-order valence-corrected chi connectivity index (χ1v) is 12.7. The number of aryl methyl sites for hydroxylation is 2. The maximum Gasteiger partial charge on any atom is 0.251 e. The van der Waals surface area contributed by atoms with Crippen molar-refractivity contribution in [3.05, 3.63) is 47.3 Å². The van der Waals surface area contributed by atoms with Crippen molar-refractivity contribution in [2.75, 3.05) is 26.2 Å². The Morgan fingerprint density at radius 1 is 1.12 bits per heavy atom. The highest BCUT2D eigenvalue weighted by molar-refractivity contribution is 7.89. The van der Waals surface area contributed by atoms with E-state index < -0.39 is 16.1 Å². The van der Waals surface area contributed by atoms with Crippen molar-refractivity contribution in [3.8, 4) is 0 Å². The molecule has 9 nitrogen and oxygen atoms in total. The van der Waals surface area contributed by atoms with Crippen LogP contribution in [0.2, 0.25) is 0 Å². The van der Waals surface area contributed by atoms with E-state index in [-0.39, 0.29) is 41.5 Å². The van der Waals surface area contributed by atoms with Gasteiger partial charge in [0.05, 0.1) is 0 Å². The predicted octanol–water partition coefficient (Wildman–Crippen LogP) is 2.36. The molecule has 1 N–H and O–H groups in total. The molecule has 0 spiro atoms. The van der Waals surface area contributed by atoms with Gasteiger partial charge in [-0.25, -0.2) is 8.42 Å². The zero-order chi connectivity index (χ0) is 24.2. The molecule has 2 atom stereocenters. The Hall–Kier alpha value is -2.72. The van der Waals surface area contributed by atoms with Crippen molar-refractivity contribution in [3.63, 3.8) is 0 Å². The van der Waals surface area contributed by atoms with E-state index in [9.17, 15) is 18.0 Å². The van der Waals surface area contributed by atoms with E-state index in [1.807, 2.05) is 19.9 Å². The monoisotopic (exact) mass is 476 g/mol. The number of rotatable bonds is 7. The Morgan fingerprint density at radius 3 is 2.42 bits per heavy atom. The Balaban J connectivity index is 1.74. The summed E-state index contributed by atoms with van der Waals surface area (Å²) in [5.74, 6) is -0.308. The van der Waals surface area contributed by atoms with Crippen LogP contribution >= 0.6 is 0 Å². The fourth-order valence-corrected chi connectivity index (χ4v) is 5.78. The van der Waals surface area contributed by atoms with Gasteiger partial charge in [0.25, 0.3) is 5.91 Å². The van der Waals surface area contributed by atoms with E-state index >= 15 is 0 Å². The van der Waals surface area contributed by atoms with E-state index in [4.69, 9.17) is 4.52 Å². The van der Waals surface area contributed by atoms with Gasteiger partial charge in [-0.2, -0.15) is 4.31 Å². The number of hydrogen-bond donors (Lipinski definition) is 1. The van der Waals surface area contributed by atoms with Crippen molar-refractivity contribution in [2.24, 2.45) is 5.92 Å². The zero-order valence-corrected chi connectivity index (χ0v) is 20.4. The first-order chi connectivity index (χ1) is 15.7. The van der Waals surface area contributed by atoms with Crippen LogP contribution in [0.3, 0.4) is 0 Å². The number of amides is 2. The topological polar surface area (TPSA) is 113 Å². The molecule has 1 aliphatic heterocycles. The van der Waals surface area contributed by atoms with Gasteiger partial charge in [0.15, 0.2) is 5.76 Å². The molecule has 2 heterocycles. The number of carbonyl (C=O) groups is 2. The van der Waals surface area contributed by atoms with Crippen LogP contribution in [-0.2, 0) is 14.8 Å². The third-order valence-electron chi connectivity index (χ3n) is 6.13. The molecular formula is C23H32N4O5S. The highest BCUT2D eigenvalue weighted by Gasteiger charge is 2.35. The predicted molar refractivity (Wildman–Crippen MR) is 123 cm³/mol. The van der Waals surface area contributed by atoms with Crippen LogP contribution in [0.1, 0.15) is 48.5 Å². The summed E-state index contributed by atoms with van der Waals surface area (Å²) in [5.41, 5.74) is 0.816. The van der Waals surface area contributed by atoms with Gasteiger partial charge in [0, 0.05) is 31.7 Å². The maximum absolute atomic E-state index is 13.4. The van der Waals surface area contributed by atoms with Crippen LogP contribution in [-0.4, -0.2) is 66.8 Å². The Bertz CT molecular complexity index is 1060. The molecule has 1 aromatic carbocycles. The largest absolute Gasteiger partial charge is 0.360 e. The van der Waals surface area contributed by atoms with E-state index in [0.717, 1.165) is 0 Å². The van der Waals surface area contributed by atoms with Crippen LogP contribution in [0, 0.1) is 19.8 Å². The van der Waals surface area contributed by atoms with Crippen LogP contribution < -0.4 is 5.32 Å². The zero-order valence-electron chi connectivity index (χ0n) is 19.6. The molecule has 3 rings (SSSR count). The summed E-state index contributed by atoms with van der Waals surface area (Å²) in [4.78, 5) is 27.9. The van der Waals surface area contributed by atoms with Gasteiger partial charge < -0.3 is 14.7 Å².